The number of para-hydroxylation sites is 4. The minimum Gasteiger partial charge on any atom is -0.307 e. The highest BCUT2D eigenvalue weighted by Gasteiger charge is 2.27. The van der Waals surface area contributed by atoms with Crippen molar-refractivity contribution in [2.45, 2.75) is 0 Å². The molecule has 0 unspecified atom stereocenters. The molecular weight excluding hydrogens is 1220 g/mol. The van der Waals surface area contributed by atoms with Crippen molar-refractivity contribution >= 4 is 120 Å². The Labute approximate surface area is 571 Å². The molecular formula is C90H54N10. The lowest BCUT2D eigenvalue weighted by atomic mass is 9.99. The highest BCUT2D eigenvalue weighted by Crippen LogP contribution is 2.46. The summed E-state index contributed by atoms with van der Waals surface area (Å²) < 4.78 is 9.44. The quantitative estimate of drug-likeness (QED) is 0.134. The minimum absolute atomic E-state index is 0.528. The van der Waals surface area contributed by atoms with Crippen LogP contribution in [0.5, 0.6) is 0 Å². The summed E-state index contributed by atoms with van der Waals surface area (Å²) in [5, 5.41) is 16.0. The predicted molar refractivity (Wildman–Crippen MR) is 410 cm³/mol. The molecule has 21 aromatic rings. The lowest BCUT2D eigenvalue weighted by molar-refractivity contribution is 0.953. The summed E-state index contributed by atoms with van der Waals surface area (Å²) in [6.45, 7) is 0. The van der Waals surface area contributed by atoms with Gasteiger partial charge in [0.25, 0.3) is 0 Å². The van der Waals surface area contributed by atoms with E-state index in [0.717, 1.165) is 137 Å². The number of rotatable bonds is 9. The number of nitrogens with zero attached hydrogens (tertiary/aromatic N) is 10. The summed E-state index contributed by atoms with van der Waals surface area (Å²) >= 11 is 0. The van der Waals surface area contributed by atoms with Crippen molar-refractivity contribution < 1.29 is 0 Å². The fourth-order valence-corrected chi connectivity index (χ4v) is 15.8. The molecule has 0 amide bonds. The van der Waals surface area contributed by atoms with E-state index in [-0.39, 0.29) is 0 Å². The van der Waals surface area contributed by atoms with Crippen molar-refractivity contribution in [1.82, 2.24) is 48.2 Å². The van der Waals surface area contributed by atoms with E-state index in [2.05, 4.69) is 291 Å². The summed E-state index contributed by atoms with van der Waals surface area (Å²) in [6, 6.07) is 117. The molecule has 0 fully saturated rings. The van der Waals surface area contributed by atoms with Crippen molar-refractivity contribution in [3.8, 4) is 79.9 Å². The molecule has 0 bridgehead atoms. The van der Waals surface area contributed by atoms with Gasteiger partial charge < -0.3 is 9.13 Å². The van der Waals surface area contributed by atoms with E-state index in [4.69, 9.17) is 29.9 Å². The number of hydrogen-bond acceptors (Lipinski definition) is 6. The Bertz CT molecular complexity index is 6910. The maximum atomic E-state index is 5.59. The van der Waals surface area contributed by atoms with Crippen LogP contribution in [0.2, 0.25) is 0 Å². The van der Waals surface area contributed by atoms with E-state index in [0.29, 0.717) is 35.2 Å². The van der Waals surface area contributed by atoms with E-state index in [1.807, 2.05) is 54.6 Å². The molecule has 10 heteroatoms. The van der Waals surface area contributed by atoms with Gasteiger partial charge in [0.2, 0.25) is 11.9 Å². The van der Waals surface area contributed by atoms with Gasteiger partial charge in [-0.2, -0.15) is 19.9 Å². The average Bonchev–Trinajstić information content (AvgIpc) is 1.50. The number of aromatic nitrogens is 10. The van der Waals surface area contributed by atoms with Crippen LogP contribution >= 0.6 is 0 Å². The molecule has 0 radical (unpaired) electrons. The van der Waals surface area contributed by atoms with Crippen LogP contribution in [0, 0.1) is 0 Å². The van der Waals surface area contributed by atoms with Gasteiger partial charge in [-0.1, -0.05) is 273 Å². The molecule has 100 heavy (non-hydrogen) atoms. The van der Waals surface area contributed by atoms with Crippen molar-refractivity contribution in [1.29, 1.82) is 0 Å². The largest absolute Gasteiger partial charge is 0.307 e. The third-order valence-corrected chi connectivity index (χ3v) is 20.2. The molecule has 0 aliphatic carbocycles. The van der Waals surface area contributed by atoms with Crippen LogP contribution in [0.25, 0.3) is 199 Å². The molecule has 0 saturated heterocycles. The monoisotopic (exact) mass is 1270 g/mol. The second-order valence-corrected chi connectivity index (χ2v) is 25.8. The lowest BCUT2D eigenvalue weighted by Crippen LogP contribution is -2.07. The first-order valence-electron chi connectivity index (χ1n) is 33.8. The fraction of sp³-hybridized carbons (Fsp3) is 0. The molecule has 21 rings (SSSR count). The van der Waals surface area contributed by atoms with E-state index < -0.39 is 0 Å². The molecule has 0 aliphatic rings. The summed E-state index contributed by atoms with van der Waals surface area (Å²) in [5.41, 5.74) is 16.2. The number of fused-ring (bicyclic) bond motifs is 18. The fourth-order valence-electron chi connectivity index (χ4n) is 15.8. The standard InChI is InChI=1S/C90H54N10/c1-4-23-55(24-5-1)85-91-86(56-25-6-2-7-26-56)94-89(93-85)99-78-41-20-16-37-70(78)74-49-47-72-68-35-14-18-39-76(68)97(81(72)83(74)99)64-46-45-60-51-59(43-44-61(60)53-64)58-30-22-31-63(52-58)88-92-87(57-27-8-3-9-28-57)95-90(96-88)100-79-42-21-17-38-71(79)75-50-48-73-69-36-15-19-40-77(69)98(82(73)84(75)100)80-54-62-29-10-11-32-65(62)66-33-12-13-34-67(66)80/h1-54H. The number of benzene rings is 15. The van der Waals surface area contributed by atoms with Crippen molar-refractivity contribution in [2.24, 2.45) is 0 Å². The summed E-state index contributed by atoms with van der Waals surface area (Å²) in [6.07, 6.45) is 0. The molecule has 0 spiro atoms. The van der Waals surface area contributed by atoms with E-state index in [1.54, 1.807) is 0 Å². The molecule has 0 N–H and O–H groups in total. The van der Waals surface area contributed by atoms with Crippen LogP contribution in [-0.4, -0.2) is 48.2 Å². The molecule has 15 aromatic carbocycles. The highest BCUT2D eigenvalue weighted by molar-refractivity contribution is 6.26. The normalized spacial score (nSPS) is 12.0. The van der Waals surface area contributed by atoms with Gasteiger partial charge in [-0.3, -0.25) is 9.13 Å². The molecule has 0 atom stereocenters. The Balaban J connectivity index is 0.723. The van der Waals surface area contributed by atoms with E-state index in [9.17, 15) is 0 Å². The summed E-state index contributed by atoms with van der Waals surface area (Å²) in [5.74, 6) is 3.42. The maximum absolute atomic E-state index is 5.59. The third-order valence-electron chi connectivity index (χ3n) is 20.2. The zero-order chi connectivity index (χ0) is 65.5. The van der Waals surface area contributed by atoms with Crippen LogP contribution in [-0.2, 0) is 0 Å². The molecule has 0 saturated carbocycles. The highest BCUT2D eigenvalue weighted by atomic mass is 15.2. The number of hydrogen-bond donors (Lipinski definition) is 0. The first-order chi connectivity index (χ1) is 49.6. The Hall–Kier alpha value is -13.7. The van der Waals surface area contributed by atoms with Gasteiger partial charge in [0, 0.05) is 76.4 Å². The van der Waals surface area contributed by atoms with Gasteiger partial charge in [-0.05, 0) is 92.7 Å². The van der Waals surface area contributed by atoms with Crippen molar-refractivity contribution in [3.05, 3.63) is 328 Å². The van der Waals surface area contributed by atoms with Crippen LogP contribution in [0.15, 0.2) is 328 Å². The first-order valence-corrected chi connectivity index (χ1v) is 33.8. The van der Waals surface area contributed by atoms with E-state index >= 15 is 0 Å². The van der Waals surface area contributed by atoms with Crippen LogP contribution in [0.3, 0.4) is 0 Å². The maximum Gasteiger partial charge on any atom is 0.238 e. The predicted octanol–water partition coefficient (Wildman–Crippen LogP) is 22.2. The van der Waals surface area contributed by atoms with E-state index in [1.165, 1.54) is 26.9 Å². The van der Waals surface area contributed by atoms with Gasteiger partial charge >= 0.3 is 0 Å². The van der Waals surface area contributed by atoms with Gasteiger partial charge in [0.1, 0.15) is 0 Å². The second kappa shape index (κ2) is 21.9. The van der Waals surface area contributed by atoms with Gasteiger partial charge in [-0.15, -0.1) is 0 Å². The molecule has 6 heterocycles. The molecule has 464 valence electrons. The van der Waals surface area contributed by atoms with Gasteiger partial charge in [-0.25, -0.2) is 9.97 Å². The summed E-state index contributed by atoms with van der Waals surface area (Å²) in [4.78, 5) is 32.2. The zero-order valence-corrected chi connectivity index (χ0v) is 53.6. The average molecular weight is 1280 g/mol. The van der Waals surface area contributed by atoms with Crippen LogP contribution in [0.1, 0.15) is 0 Å². The lowest BCUT2D eigenvalue weighted by Gasteiger charge is -2.16. The van der Waals surface area contributed by atoms with Gasteiger partial charge in [0.15, 0.2) is 23.3 Å². The molecule has 6 aromatic heterocycles. The van der Waals surface area contributed by atoms with Crippen molar-refractivity contribution in [3.63, 3.8) is 0 Å². The Morgan fingerprint density at radius 3 is 1.06 bits per heavy atom. The second-order valence-electron chi connectivity index (χ2n) is 25.8. The Morgan fingerprint density at radius 1 is 0.180 bits per heavy atom. The van der Waals surface area contributed by atoms with Crippen LogP contribution < -0.4 is 0 Å². The minimum atomic E-state index is 0.528. The zero-order valence-electron chi connectivity index (χ0n) is 53.6. The third kappa shape index (κ3) is 8.50. The first kappa shape index (κ1) is 55.6. The Morgan fingerprint density at radius 2 is 0.540 bits per heavy atom. The topological polar surface area (TPSA) is 97.1 Å². The molecule has 0 aliphatic heterocycles. The molecule has 10 nitrogen and oxygen atoms in total. The summed E-state index contributed by atoms with van der Waals surface area (Å²) in [7, 11) is 0. The SMILES string of the molecule is c1ccc(-c2nc(-c3ccccc3)nc(-n3c4ccccc4c4ccc5c6ccccc6n(-c6ccc7cc(-c8cccc(-c9nc(-c%10ccccc%10)nc(-n%10c%11ccccc%11c%11ccc%12c%13ccccc%13n(-c%13cc%14ccccc%14c%14ccccc%13%14)c%12c%11%10)n9)c8)ccc7c6)c5c43)n2)cc1. The smallest absolute Gasteiger partial charge is 0.238 e. The van der Waals surface area contributed by atoms with Crippen LogP contribution in [0.4, 0.5) is 0 Å². The Kier molecular flexibility index (Phi) is 12.2. The van der Waals surface area contributed by atoms with Gasteiger partial charge in [0.05, 0.1) is 49.8 Å². The van der Waals surface area contributed by atoms with Crippen molar-refractivity contribution in [2.75, 3.05) is 0 Å².